The lowest BCUT2D eigenvalue weighted by Crippen LogP contribution is -2.57. The average molecular weight is 653 g/mol. The van der Waals surface area contributed by atoms with Crippen LogP contribution in [0.5, 0.6) is 23.0 Å². The highest BCUT2D eigenvalue weighted by Gasteiger charge is 2.42. The van der Waals surface area contributed by atoms with E-state index in [0.717, 1.165) is 78.4 Å². The smallest absolute Gasteiger partial charge is 0.261 e. The molecule has 5 heteroatoms. The summed E-state index contributed by atoms with van der Waals surface area (Å²) in [4.78, 5) is 2.33. The number of anilines is 3. The van der Waals surface area contributed by atoms with Crippen molar-refractivity contribution in [2.75, 3.05) is 4.90 Å². The number of nitrogens with zero attached hydrogens (tertiary/aromatic N) is 2. The summed E-state index contributed by atoms with van der Waals surface area (Å²) in [5.74, 6) is 3.39. The van der Waals surface area contributed by atoms with Crippen LogP contribution in [-0.4, -0.2) is 11.3 Å². The van der Waals surface area contributed by atoms with Crippen LogP contribution in [0.2, 0.25) is 0 Å². The zero-order valence-corrected chi connectivity index (χ0v) is 27.5. The van der Waals surface area contributed by atoms with Gasteiger partial charge in [-0.1, -0.05) is 109 Å². The molecule has 0 N–H and O–H groups in total. The molecule has 0 unspecified atom stereocenters. The third kappa shape index (κ3) is 4.15. The molecule has 0 fully saturated rings. The summed E-state index contributed by atoms with van der Waals surface area (Å²) < 4.78 is 16.1. The van der Waals surface area contributed by atoms with Crippen LogP contribution in [0.1, 0.15) is 0 Å². The maximum atomic E-state index is 6.92. The molecule has 1 aromatic heterocycles. The Balaban J connectivity index is 1.20. The normalized spacial score (nSPS) is 12.6. The molecule has 0 amide bonds. The second-order valence-corrected chi connectivity index (χ2v) is 13.3. The van der Waals surface area contributed by atoms with E-state index in [1.54, 1.807) is 0 Å². The van der Waals surface area contributed by atoms with E-state index in [-0.39, 0.29) is 6.71 Å². The molecule has 2 aliphatic rings. The molecule has 51 heavy (non-hydrogen) atoms. The van der Waals surface area contributed by atoms with Crippen molar-refractivity contribution in [2.45, 2.75) is 0 Å². The fourth-order valence-corrected chi connectivity index (χ4v) is 8.36. The lowest BCUT2D eigenvalue weighted by molar-refractivity contribution is 0.465. The Morgan fingerprint density at radius 1 is 0.412 bits per heavy atom. The fraction of sp³-hybridized carbons (Fsp3) is 0. The van der Waals surface area contributed by atoms with Gasteiger partial charge in [0.25, 0.3) is 6.71 Å². The lowest BCUT2D eigenvalue weighted by atomic mass is 9.34. The van der Waals surface area contributed by atoms with Gasteiger partial charge in [0, 0.05) is 50.8 Å². The summed E-state index contributed by atoms with van der Waals surface area (Å²) >= 11 is 0. The van der Waals surface area contributed by atoms with Crippen molar-refractivity contribution < 1.29 is 9.47 Å². The van der Waals surface area contributed by atoms with E-state index in [1.165, 1.54) is 16.3 Å². The standard InChI is InChI=1S/C46H29BN2O2/c1-4-15-30(16-5-1)48(31-17-6-2-7-18-31)39-29-44-45(35-23-11-10-21-33(35)39)47-37-27-36-34-22-12-13-24-38(34)49(32-19-8-3-9-20-32)40(36)28-43(37)50-41-25-14-26-42(51-44)46(41)47/h1-29H. The quantitative estimate of drug-likeness (QED) is 0.177. The van der Waals surface area contributed by atoms with E-state index < -0.39 is 0 Å². The molecule has 3 heterocycles. The first-order chi connectivity index (χ1) is 25.3. The first kappa shape index (κ1) is 28.2. The highest BCUT2D eigenvalue weighted by atomic mass is 16.5. The van der Waals surface area contributed by atoms with Crippen molar-refractivity contribution in [1.29, 1.82) is 0 Å². The molecule has 8 aromatic carbocycles. The summed E-state index contributed by atoms with van der Waals surface area (Å²) in [6, 6.07) is 62.2. The van der Waals surface area contributed by atoms with Crippen LogP contribution in [-0.2, 0) is 0 Å². The Kier molecular flexibility index (Phi) is 6.01. The SMILES string of the molecule is c1ccc(N(c2ccccc2)c2cc3c(c4ccccc24)B2c4cc5c6ccccc6n(-c6ccccc6)c5cc4Oc4cccc(c42)O3)cc1. The van der Waals surface area contributed by atoms with Gasteiger partial charge in [-0.15, -0.1) is 0 Å². The molecule has 4 nitrogen and oxygen atoms in total. The molecule has 0 radical (unpaired) electrons. The van der Waals surface area contributed by atoms with Crippen LogP contribution in [0.4, 0.5) is 17.1 Å². The molecule has 0 bridgehead atoms. The van der Waals surface area contributed by atoms with Gasteiger partial charge in [0.1, 0.15) is 23.0 Å². The number of rotatable bonds is 4. The molecule has 11 rings (SSSR count). The Labute approximate surface area is 295 Å². The third-order valence-corrected chi connectivity index (χ3v) is 10.5. The summed E-state index contributed by atoms with van der Waals surface area (Å²) in [5, 5.41) is 4.73. The first-order valence-corrected chi connectivity index (χ1v) is 17.4. The second kappa shape index (κ2) is 10.9. The largest absolute Gasteiger partial charge is 0.458 e. The topological polar surface area (TPSA) is 26.6 Å². The van der Waals surface area contributed by atoms with Crippen molar-refractivity contribution in [3.05, 3.63) is 176 Å². The van der Waals surface area contributed by atoms with Crippen molar-refractivity contribution in [3.8, 4) is 28.7 Å². The minimum Gasteiger partial charge on any atom is -0.458 e. The van der Waals surface area contributed by atoms with Crippen molar-refractivity contribution in [3.63, 3.8) is 0 Å². The zero-order chi connectivity index (χ0) is 33.5. The van der Waals surface area contributed by atoms with E-state index in [2.05, 4.69) is 179 Å². The molecular formula is C46H29BN2O2. The predicted octanol–water partition coefficient (Wildman–Crippen LogP) is 10.1. The first-order valence-electron chi connectivity index (χ1n) is 17.4. The van der Waals surface area contributed by atoms with Crippen LogP contribution in [0.25, 0.3) is 38.3 Å². The highest BCUT2D eigenvalue weighted by molar-refractivity contribution is 6.99. The molecule has 0 spiro atoms. The average Bonchev–Trinajstić information content (AvgIpc) is 3.51. The Hall–Kier alpha value is -6.72. The van der Waals surface area contributed by atoms with Crippen LogP contribution in [0.15, 0.2) is 176 Å². The van der Waals surface area contributed by atoms with Gasteiger partial charge in [0.05, 0.1) is 16.7 Å². The highest BCUT2D eigenvalue weighted by Crippen LogP contribution is 2.44. The van der Waals surface area contributed by atoms with E-state index in [1.807, 2.05) is 6.07 Å². The van der Waals surface area contributed by atoms with Crippen molar-refractivity contribution >= 4 is 72.7 Å². The Bertz CT molecular complexity index is 2780. The molecular weight excluding hydrogens is 623 g/mol. The van der Waals surface area contributed by atoms with Crippen LogP contribution >= 0.6 is 0 Å². The number of hydrogen-bond donors (Lipinski definition) is 0. The number of aromatic nitrogens is 1. The van der Waals surface area contributed by atoms with E-state index in [9.17, 15) is 0 Å². The number of hydrogen-bond acceptors (Lipinski definition) is 3. The van der Waals surface area contributed by atoms with Gasteiger partial charge in [-0.2, -0.15) is 0 Å². The Morgan fingerprint density at radius 3 is 1.71 bits per heavy atom. The van der Waals surface area contributed by atoms with Crippen LogP contribution in [0, 0.1) is 0 Å². The second-order valence-electron chi connectivity index (χ2n) is 13.3. The molecule has 2 aliphatic heterocycles. The molecule has 9 aromatic rings. The number of fused-ring (bicyclic) bond motifs is 9. The molecule has 0 aliphatic carbocycles. The molecule has 238 valence electrons. The van der Waals surface area contributed by atoms with Gasteiger partial charge in [-0.25, -0.2) is 0 Å². The molecule has 0 saturated heterocycles. The summed E-state index contributed by atoms with van der Waals surface area (Å²) in [7, 11) is 0. The fourth-order valence-electron chi connectivity index (χ4n) is 8.36. The van der Waals surface area contributed by atoms with E-state index in [4.69, 9.17) is 9.47 Å². The Morgan fingerprint density at radius 2 is 1.00 bits per heavy atom. The lowest BCUT2D eigenvalue weighted by Gasteiger charge is -2.35. The number of benzene rings is 8. The van der Waals surface area contributed by atoms with Gasteiger partial charge in [0.2, 0.25) is 0 Å². The minimum atomic E-state index is -0.0900. The van der Waals surface area contributed by atoms with Crippen LogP contribution < -0.4 is 30.8 Å². The van der Waals surface area contributed by atoms with Crippen molar-refractivity contribution in [2.24, 2.45) is 0 Å². The van der Waals surface area contributed by atoms with Gasteiger partial charge >= 0.3 is 0 Å². The summed E-state index contributed by atoms with van der Waals surface area (Å²) in [5.41, 5.74) is 10.0. The van der Waals surface area contributed by atoms with E-state index in [0.29, 0.717) is 0 Å². The number of para-hydroxylation sites is 4. The minimum absolute atomic E-state index is 0.0900. The third-order valence-electron chi connectivity index (χ3n) is 10.5. The van der Waals surface area contributed by atoms with Crippen LogP contribution in [0.3, 0.4) is 0 Å². The zero-order valence-electron chi connectivity index (χ0n) is 27.5. The maximum absolute atomic E-state index is 6.92. The van der Waals surface area contributed by atoms with Gasteiger partial charge in [-0.05, 0) is 70.9 Å². The van der Waals surface area contributed by atoms with E-state index >= 15 is 0 Å². The monoisotopic (exact) mass is 652 g/mol. The maximum Gasteiger partial charge on any atom is 0.261 e. The molecule has 0 atom stereocenters. The van der Waals surface area contributed by atoms with Gasteiger partial charge < -0.3 is 18.9 Å². The predicted molar refractivity (Wildman–Crippen MR) is 211 cm³/mol. The van der Waals surface area contributed by atoms with Gasteiger partial charge in [-0.3, -0.25) is 0 Å². The summed E-state index contributed by atoms with van der Waals surface area (Å²) in [6.07, 6.45) is 0. The summed E-state index contributed by atoms with van der Waals surface area (Å²) in [6.45, 7) is -0.0900. The van der Waals surface area contributed by atoms with Crippen molar-refractivity contribution in [1.82, 2.24) is 4.57 Å². The number of ether oxygens (including phenoxy) is 2. The van der Waals surface area contributed by atoms with Gasteiger partial charge in [0.15, 0.2) is 0 Å². The molecule has 0 saturated carbocycles.